The number of ether oxygens (including phenoxy) is 5. The van der Waals surface area contributed by atoms with Gasteiger partial charge < -0.3 is 32.8 Å². The van der Waals surface area contributed by atoms with Crippen LogP contribution >= 0.6 is 23.2 Å². The van der Waals surface area contributed by atoms with Crippen LogP contribution in [0.1, 0.15) is 54.6 Å². The van der Waals surface area contributed by atoms with Crippen molar-refractivity contribution in [3.05, 3.63) is 225 Å². The van der Waals surface area contributed by atoms with Crippen LogP contribution in [0.4, 0.5) is 17.6 Å². The van der Waals surface area contributed by atoms with Crippen molar-refractivity contribution >= 4 is 57.2 Å². The fraction of sp³-hybridized carbons (Fsp3) is 0.161. The maximum absolute atomic E-state index is 16.1. The SMILES string of the molecule is COCCn1c(Cc2cc(F)c(-c3cccc(OCc4ccc(-n5ccnn5)nc4)n3)cc2Cl)nc2c(F)cc(C(=O)OC(=O)c3cc(F)c4nc(Cc5cc(F)c(-c6cccc(OCc7ccc(-n8ccnn8)nc7)n6)cc5Cl)n(CCOC)c4c3)cc21. The van der Waals surface area contributed by atoms with E-state index in [2.05, 4.69) is 50.5 Å². The molecule has 0 saturated heterocycles. The van der Waals surface area contributed by atoms with Crippen LogP contribution in [0.15, 0.2) is 146 Å². The number of hydrogen-bond acceptors (Lipinski definition) is 17. The van der Waals surface area contributed by atoms with Crippen LogP contribution in [-0.2, 0) is 53.4 Å². The maximum Gasteiger partial charge on any atom is 0.346 e. The number of pyridine rings is 4. The Balaban J connectivity index is 0.738. The van der Waals surface area contributed by atoms with Crippen LogP contribution in [0, 0.1) is 23.3 Å². The van der Waals surface area contributed by atoms with Gasteiger partial charge in [0.1, 0.15) is 47.5 Å². The van der Waals surface area contributed by atoms with Crippen molar-refractivity contribution in [2.24, 2.45) is 0 Å². The third kappa shape index (κ3) is 12.9. The number of esters is 2. The Hall–Kier alpha value is -10.3. The molecule has 27 heteroatoms. The number of benzene rings is 4. The van der Waals surface area contributed by atoms with Crippen LogP contribution < -0.4 is 9.47 Å². The molecule has 0 fully saturated rings. The maximum atomic E-state index is 16.1. The van der Waals surface area contributed by atoms with Gasteiger partial charge in [0.25, 0.3) is 0 Å². The van der Waals surface area contributed by atoms with E-state index in [1.807, 2.05) is 12.1 Å². The van der Waals surface area contributed by atoms with Crippen LogP contribution in [0.5, 0.6) is 11.8 Å². The van der Waals surface area contributed by atoms with E-state index in [1.54, 1.807) is 94.8 Å². The van der Waals surface area contributed by atoms with Gasteiger partial charge in [0.15, 0.2) is 23.3 Å². The summed E-state index contributed by atoms with van der Waals surface area (Å²) in [4.78, 5) is 54.4. The summed E-state index contributed by atoms with van der Waals surface area (Å²) in [5.74, 6) is -3.64. The first-order valence-corrected chi connectivity index (χ1v) is 27.9. The van der Waals surface area contributed by atoms with E-state index in [0.717, 1.165) is 23.3 Å². The second-order valence-electron chi connectivity index (χ2n) is 19.9. The van der Waals surface area contributed by atoms with Crippen molar-refractivity contribution in [1.29, 1.82) is 0 Å². The predicted octanol–water partition coefficient (Wildman–Crippen LogP) is 11.0. The normalized spacial score (nSPS) is 11.5. The smallest absolute Gasteiger partial charge is 0.346 e. The van der Waals surface area contributed by atoms with Gasteiger partial charge in [0.2, 0.25) is 11.8 Å². The van der Waals surface area contributed by atoms with Gasteiger partial charge in [-0.1, -0.05) is 57.9 Å². The third-order valence-corrected chi connectivity index (χ3v) is 14.8. The molecule has 0 spiro atoms. The fourth-order valence-corrected chi connectivity index (χ4v) is 10.2. The van der Waals surface area contributed by atoms with E-state index in [0.29, 0.717) is 22.8 Å². The van der Waals surface area contributed by atoms with Gasteiger partial charge in [-0.15, -0.1) is 10.2 Å². The number of carbonyl (C=O) groups is 2. The van der Waals surface area contributed by atoms with Gasteiger partial charge in [0.05, 0.1) is 71.5 Å². The molecule has 0 aliphatic carbocycles. The third-order valence-electron chi connectivity index (χ3n) is 14.1. The first-order chi connectivity index (χ1) is 43.3. The van der Waals surface area contributed by atoms with Gasteiger partial charge in [-0.3, -0.25) is 0 Å². The lowest BCUT2D eigenvalue weighted by Gasteiger charge is -2.13. The molecule has 0 saturated carbocycles. The van der Waals surface area contributed by atoms with Crippen molar-refractivity contribution in [3.63, 3.8) is 0 Å². The molecule has 0 atom stereocenters. The summed E-state index contributed by atoms with van der Waals surface area (Å²) in [6, 6.07) is 26.6. The second-order valence-corrected chi connectivity index (χ2v) is 20.7. The molecule has 89 heavy (non-hydrogen) atoms. The van der Waals surface area contributed by atoms with Gasteiger partial charge in [-0.2, -0.15) is 0 Å². The highest BCUT2D eigenvalue weighted by Gasteiger charge is 2.26. The fourth-order valence-electron chi connectivity index (χ4n) is 9.75. The monoisotopic (exact) mass is 1240 g/mol. The van der Waals surface area contributed by atoms with Crippen molar-refractivity contribution < 1.29 is 50.8 Å². The van der Waals surface area contributed by atoms with E-state index in [1.165, 1.54) is 60.0 Å². The highest BCUT2D eigenvalue weighted by atomic mass is 35.5. The van der Waals surface area contributed by atoms with E-state index < -0.39 is 35.2 Å². The first-order valence-electron chi connectivity index (χ1n) is 27.2. The first kappa shape index (κ1) is 59.0. The molecule has 8 aromatic heterocycles. The standard InChI is InChI=1S/C62H46Cl2F4N14O7/c1-85-19-17-79-51-25-39(23-47(67)59(51)75-55(79)27-37-21-45(65)41(29-43(37)63)49-5-3-7-57(73-49)87-33-35-9-11-53(69-31-35)81-15-13-71-77-81)61(83)89-62(84)40-24-48(68)60-52(26-40)80(18-20-86-2)56(76-60)28-38-22-46(66)42(30-44(38)64)50-6-4-8-58(74-50)88-34-36-10-12-54(70-32-36)82-16-14-72-78-82/h3-16,21-26,29-32H,17-20,27-28,33-34H2,1-2H3. The molecule has 0 bridgehead atoms. The minimum absolute atomic E-state index is 0.0907. The lowest BCUT2D eigenvalue weighted by Crippen LogP contribution is -2.14. The highest BCUT2D eigenvalue weighted by Crippen LogP contribution is 2.34. The average Bonchev–Trinajstić information content (AvgIpc) is 1.86. The zero-order valence-corrected chi connectivity index (χ0v) is 48.4. The molecule has 12 aromatic rings. The number of aromatic nitrogens is 14. The molecular weight excluding hydrogens is 1200 g/mol. The number of fused-ring (bicyclic) bond motifs is 2. The summed E-state index contributed by atoms with van der Waals surface area (Å²) in [7, 11) is 2.93. The molecule has 448 valence electrons. The number of carbonyl (C=O) groups excluding carboxylic acids is 2. The Bertz CT molecular complexity index is 4310. The molecule has 0 radical (unpaired) electrons. The summed E-state index contributed by atoms with van der Waals surface area (Å²) < 4.78 is 98.5. The molecule has 0 aliphatic rings. The van der Waals surface area contributed by atoms with Gasteiger partial charge in [-0.25, -0.2) is 66.4 Å². The number of halogens is 6. The Morgan fingerprint density at radius 1 is 0.528 bits per heavy atom. The summed E-state index contributed by atoms with van der Waals surface area (Å²) >= 11 is 13.7. The van der Waals surface area contributed by atoms with Crippen molar-refractivity contribution in [1.82, 2.24) is 69.0 Å². The molecule has 0 aliphatic heterocycles. The predicted molar refractivity (Wildman–Crippen MR) is 315 cm³/mol. The summed E-state index contributed by atoms with van der Waals surface area (Å²) in [6.45, 7) is 0.684. The molecule has 8 heterocycles. The Labute approximate surface area is 512 Å². The van der Waals surface area contributed by atoms with E-state index in [-0.39, 0.29) is 142 Å². The van der Waals surface area contributed by atoms with Crippen molar-refractivity contribution in [2.75, 3.05) is 27.4 Å². The second kappa shape index (κ2) is 25.9. The van der Waals surface area contributed by atoms with Gasteiger partial charge >= 0.3 is 11.9 Å². The van der Waals surface area contributed by atoms with Crippen LogP contribution in [0.3, 0.4) is 0 Å². The summed E-state index contributed by atoms with van der Waals surface area (Å²) in [5.41, 5.74) is 1.98. The number of hydrogen-bond donors (Lipinski definition) is 0. The molecule has 21 nitrogen and oxygen atoms in total. The summed E-state index contributed by atoms with van der Waals surface area (Å²) in [5, 5.41) is 15.7. The zero-order chi connectivity index (χ0) is 61.7. The van der Waals surface area contributed by atoms with Crippen LogP contribution in [0.25, 0.3) is 56.2 Å². The summed E-state index contributed by atoms with van der Waals surface area (Å²) in [6.07, 6.45) is 9.51. The lowest BCUT2D eigenvalue weighted by molar-refractivity contribution is 0.0397. The van der Waals surface area contributed by atoms with Crippen LogP contribution in [-0.4, -0.2) is 108 Å². The molecular formula is C62H46Cl2F4N14O7. The number of rotatable bonds is 22. The largest absolute Gasteiger partial charge is 0.473 e. The van der Waals surface area contributed by atoms with Gasteiger partial charge in [-0.05, 0) is 83.9 Å². The Morgan fingerprint density at radius 3 is 1.37 bits per heavy atom. The topological polar surface area (TPSA) is 229 Å². The van der Waals surface area contributed by atoms with E-state index >= 15 is 17.6 Å². The minimum atomic E-state index is -1.26. The Kier molecular flexibility index (Phi) is 17.2. The Morgan fingerprint density at radius 2 is 0.978 bits per heavy atom. The molecule has 4 aromatic carbocycles. The molecule has 0 amide bonds. The van der Waals surface area contributed by atoms with E-state index in [4.69, 9.17) is 46.9 Å². The highest BCUT2D eigenvalue weighted by molar-refractivity contribution is 6.32. The number of imidazole rings is 2. The van der Waals surface area contributed by atoms with Crippen molar-refractivity contribution in [3.8, 4) is 45.9 Å². The quantitative estimate of drug-likeness (QED) is 0.0349. The minimum Gasteiger partial charge on any atom is -0.473 e. The van der Waals surface area contributed by atoms with Crippen LogP contribution in [0.2, 0.25) is 10.0 Å². The molecule has 12 rings (SSSR count). The number of methoxy groups -OCH3 is 2. The molecule has 0 unspecified atom stereocenters. The van der Waals surface area contributed by atoms with E-state index in [9.17, 15) is 9.59 Å². The zero-order valence-electron chi connectivity index (χ0n) is 46.9. The lowest BCUT2D eigenvalue weighted by atomic mass is 10.0. The van der Waals surface area contributed by atoms with Gasteiger partial charge in [0, 0.05) is 97.0 Å². The number of nitrogens with zero attached hydrogens (tertiary/aromatic N) is 14. The average molecular weight is 1250 g/mol. The molecule has 0 N–H and O–H groups in total. The van der Waals surface area contributed by atoms with Crippen molar-refractivity contribution in [2.45, 2.75) is 39.1 Å².